The van der Waals surface area contributed by atoms with E-state index in [-0.39, 0.29) is 0 Å². The van der Waals surface area contributed by atoms with Crippen LogP contribution >= 0.6 is 0 Å². The van der Waals surface area contributed by atoms with Crippen LogP contribution in [-0.4, -0.2) is 12.1 Å². The van der Waals surface area contributed by atoms with Gasteiger partial charge in [0.2, 0.25) is 0 Å². The molecule has 0 amide bonds. The van der Waals surface area contributed by atoms with Crippen LogP contribution in [0.1, 0.15) is 81.9 Å². The number of nitrogens with zero attached hydrogens (tertiary/aromatic N) is 1. The summed E-state index contributed by atoms with van der Waals surface area (Å²) in [5.74, 6) is 1.60. The molecule has 0 atom stereocenters. The highest BCUT2D eigenvalue weighted by atomic mass is 16.5. The highest BCUT2D eigenvalue weighted by Crippen LogP contribution is 2.34. The van der Waals surface area contributed by atoms with Crippen molar-refractivity contribution in [3.63, 3.8) is 0 Å². The Hall–Kier alpha value is -1.57. The number of aromatic nitrogens is 1. The Morgan fingerprint density at radius 2 is 1.88 bits per heavy atom. The minimum absolute atomic E-state index is 0.666. The maximum absolute atomic E-state index is 5.44. The van der Waals surface area contributed by atoms with Crippen LogP contribution in [0.3, 0.4) is 0 Å². The van der Waals surface area contributed by atoms with Crippen molar-refractivity contribution in [3.05, 3.63) is 35.5 Å². The summed E-state index contributed by atoms with van der Waals surface area (Å²) in [7, 11) is 1.74. The Morgan fingerprint density at radius 1 is 1.04 bits per heavy atom. The minimum atomic E-state index is 0.666. The lowest BCUT2D eigenvalue weighted by atomic mass is 9.85. The number of aryl methyl sites for hydroxylation is 1. The molecule has 1 fully saturated rings. The van der Waals surface area contributed by atoms with Crippen molar-refractivity contribution in [2.75, 3.05) is 7.11 Å². The summed E-state index contributed by atoms with van der Waals surface area (Å²) in [5.41, 5.74) is 3.94. The Morgan fingerprint density at radius 3 is 2.62 bits per heavy atom. The van der Waals surface area contributed by atoms with Gasteiger partial charge in [-0.2, -0.15) is 0 Å². The fourth-order valence-corrected chi connectivity index (χ4v) is 3.98. The fraction of sp³-hybridized carbons (Fsp3) is 0.591. The van der Waals surface area contributed by atoms with E-state index in [1.165, 1.54) is 74.4 Å². The number of hydrogen-bond acceptors (Lipinski definition) is 2. The van der Waals surface area contributed by atoms with Gasteiger partial charge < -0.3 is 4.74 Å². The maximum atomic E-state index is 5.44. The Balaban J connectivity index is 1.92. The Kier molecular flexibility index (Phi) is 6.12. The lowest BCUT2D eigenvalue weighted by molar-refractivity contribution is 0.415. The molecule has 1 aliphatic carbocycles. The van der Waals surface area contributed by atoms with Gasteiger partial charge in [-0.1, -0.05) is 45.4 Å². The molecule has 0 aliphatic heterocycles. The van der Waals surface area contributed by atoms with Crippen molar-refractivity contribution >= 4 is 10.9 Å². The van der Waals surface area contributed by atoms with Crippen LogP contribution in [0.5, 0.6) is 5.75 Å². The molecule has 2 aromatic rings. The van der Waals surface area contributed by atoms with Gasteiger partial charge in [-0.15, -0.1) is 0 Å². The first-order valence-electron chi connectivity index (χ1n) is 9.79. The average molecular weight is 325 g/mol. The third kappa shape index (κ3) is 4.09. The van der Waals surface area contributed by atoms with E-state index in [4.69, 9.17) is 9.72 Å². The molecule has 0 bridgehead atoms. The normalized spacial score (nSPS) is 15.8. The summed E-state index contributed by atoms with van der Waals surface area (Å²) in [5, 5.41) is 1.28. The van der Waals surface area contributed by atoms with Crippen molar-refractivity contribution < 1.29 is 4.74 Å². The van der Waals surface area contributed by atoms with Crippen molar-refractivity contribution in [1.82, 2.24) is 4.98 Å². The van der Waals surface area contributed by atoms with Crippen molar-refractivity contribution in [2.45, 2.75) is 77.0 Å². The number of methoxy groups -OCH3 is 1. The van der Waals surface area contributed by atoms with Gasteiger partial charge in [-0.3, -0.25) is 4.98 Å². The van der Waals surface area contributed by atoms with Crippen LogP contribution in [0.2, 0.25) is 0 Å². The monoisotopic (exact) mass is 325 g/mol. The van der Waals surface area contributed by atoms with Gasteiger partial charge in [0.15, 0.2) is 0 Å². The molecule has 0 unspecified atom stereocenters. The summed E-state index contributed by atoms with van der Waals surface area (Å²) < 4.78 is 5.44. The van der Waals surface area contributed by atoms with Crippen molar-refractivity contribution in [3.8, 4) is 5.75 Å². The Labute approximate surface area is 146 Å². The van der Waals surface area contributed by atoms with Gasteiger partial charge in [-0.05, 0) is 55.5 Å². The van der Waals surface area contributed by atoms with E-state index in [9.17, 15) is 0 Å². The maximum Gasteiger partial charge on any atom is 0.119 e. The van der Waals surface area contributed by atoms with Gasteiger partial charge in [0, 0.05) is 17.0 Å². The third-order valence-corrected chi connectivity index (χ3v) is 5.44. The molecular weight excluding hydrogens is 294 g/mol. The molecular formula is C22H31NO. The molecule has 1 heterocycles. The number of fused-ring (bicyclic) bond motifs is 1. The molecule has 24 heavy (non-hydrogen) atoms. The molecule has 1 saturated carbocycles. The van der Waals surface area contributed by atoms with Crippen LogP contribution in [0, 0.1) is 0 Å². The lowest BCUT2D eigenvalue weighted by Crippen LogP contribution is -2.07. The second kappa shape index (κ2) is 8.50. The lowest BCUT2D eigenvalue weighted by Gasteiger charge is -2.22. The molecule has 1 aliphatic rings. The number of rotatable bonds is 7. The number of ether oxygens (including phenoxy) is 1. The van der Waals surface area contributed by atoms with E-state index >= 15 is 0 Å². The molecule has 0 radical (unpaired) electrons. The minimum Gasteiger partial charge on any atom is -0.497 e. The van der Waals surface area contributed by atoms with Crippen LogP contribution in [0.4, 0.5) is 0 Å². The predicted molar refractivity (Wildman–Crippen MR) is 102 cm³/mol. The number of unbranched alkanes of at least 4 members (excludes halogenated alkanes) is 3. The van der Waals surface area contributed by atoms with Gasteiger partial charge in [0.25, 0.3) is 0 Å². The zero-order valence-corrected chi connectivity index (χ0v) is 15.3. The van der Waals surface area contributed by atoms with E-state index in [0.717, 1.165) is 17.7 Å². The second-order valence-electron chi connectivity index (χ2n) is 7.23. The number of hydrogen-bond donors (Lipinski definition) is 0. The van der Waals surface area contributed by atoms with Crippen LogP contribution in [0.25, 0.3) is 10.9 Å². The van der Waals surface area contributed by atoms with Gasteiger partial charge in [-0.25, -0.2) is 0 Å². The smallest absolute Gasteiger partial charge is 0.119 e. The predicted octanol–water partition coefficient (Wildman–Crippen LogP) is 6.41. The second-order valence-corrected chi connectivity index (χ2v) is 7.23. The first kappa shape index (κ1) is 17.3. The molecule has 1 aromatic carbocycles. The highest BCUT2D eigenvalue weighted by Gasteiger charge is 2.18. The van der Waals surface area contributed by atoms with E-state index in [0.29, 0.717) is 5.92 Å². The van der Waals surface area contributed by atoms with Gasteiger partial charge in [0.1, 0.15) is 5.75 Å². The van der Waals surface area contributed by atoms with Gasteiger partial charge >= 0.3 is 0 Å². The van der Waals surface area contributed by atoms with E-state index in [1.807, 2.05) is 6.07 Å². The van der Waals surface area contributed by atoms with E-state index in [2.05, 4.69) is 25.1 Å². The number of pyridine rings is 1. The molecule has 0 N–H and O–H groups in total. The van der Waals surface area contributed by atoms with E-state index < -0.39 is 0 Å². The molecule has 2 heteroatoms. The SMILES string of the molecule is CCCCCCc1cc(C2CCCCC2)nc2ccc(OC)cc12. The molecule has 0 saturated heterocycles. The fourth-order valence-electron chi connectivity index (χ4n) is 3.98. The zero-order chi connectivity index (χ0) is 16.8. The quantitative estimate of drug-likeness (QED) is 0.548. The molecule has 2 nitrogen and oxygen atoms in total. The molecule has 0 spiro atoms. The summed E-state index contributed by atoms with van der Waals surface area (Å²) in [4.78, 5) is 5.02. The zero-order valence-electron chi connectivity index (χ0n) is 15.3. The van der Waals surface area contributed by atoms with Gasteiger partial charge in [0.05, 0.1) is 12.6 Å². The first-order valence-corrected chi connectivity index (χ1v) is 9.79. The standard InChI is InChI=1S/C22H31NO/c1-3-4-5-7-12-18-15-22(17-10-8-6-9-11-17)23-21-14-13-19(24-2)16-20(18)21/h13-17H,3-12H2,1-2H3. The van der Waals surface area contributed by atoms with Crippen molar-refractivity contribution in [2.24, 2.45) is 0 Å². The topological polar surface area (TPSA) is 22.1 Å². The van der Waals surface area contributed by atoms with Crippen LogP contribution in [0.15, 0.2) is 24.3 Å². The molecule has 1 aromatic heterocycles. The molecule has 3 rings (SSSR count). The summed E-state index contributed by atoms with van der Waals surface area (Å²) in [6.45, 7) is 2.27. The van der Waals surface area contributed by atoms with E-state index in [1.54, 1.807) is 7.11 Å². The average Bonchev–Trinajstić information content (AvgIpc) is 2.65. The summed E-state index contributed by atoms with van der Waals surface area (Å²) >= 11 is 0. The van der Waals surface area contributed by atoms with Crippen LogP contribution in [-0.2, 0) is 6.42 Å². The summed E-state index contributed by atoms with van der Waals surface area (Å²) in [6.07, 6.45) is 13.1. The van der Waals surface area contributed by atoms with Crippen LogP contribution < -0.4 is 4.74 Å². The Bertz CT molecular complexity index is 658. The first-order chi connectivity index (χ1) is 11.8. The molecule has 130 valence electrons. The largest absolute Gasteiger partial charge is 0.497 e. The highest BCUT2D eigenvalue weighted by molar-refractivity contribution is 5.84. The number of benzene rings is 1. The third-order valence-electron chi connectivity index (χ3n) is 5.44. The van der Waals surface area contributed by atoms with Crippen molar-refractivity contribution in [1.29, 1.82) is 0 Å². The summed E-state index contributed by atoms with van der Waals surface area (Å²) in [6, 6.07) is 8.75.